The summed E-state index contributed by atoms with van der Waals surface area (Å²) in [6, 6.07) is 0. The van der Waals surface area contributed by atoms with Crippen molar-refractivity contribution in [1.29, 1.82) is 0 Å². The van der Waals surface area contributed by atoms with Crippen LogP contribution >= 0.6 is 0 Å². The van der Waals surface area contributed by atoms with Crippen LogP contribution < -0.4 is 0 Å². The van der Waals surface area contributed by atoms with Gasteiger partial charge in [-0.2, -0.15) is 0 Å². The minimum absolute atomic E-state index is 4.17. The first-order chi connectivity index (χ1) is 4.96. The predicted molar refractivity (Wildman–Crippen MR) is 30.8 cm³/mol. The molecule has 0 fully saturated rings. The molecule has 0 aliphatic carbocycles. The zero-order chi connectivity index (χ0) is 10.2. The van der Waals surface area contributed by atoms with E-state index >= 15 is 0 Å². The normalized spacial score (nSPS) is 14.7. The molecule has 0 aromatic carbocycles. The Balaban J connectivity index is 4.96. The second-order valence-corrected chi connectivity index (χ2v) is 17.5. The van der Waals surface area contributed by atoms with E-state index in [1.165, 1.54) is 0 Å². The summed E-state index contributed by atoms with van der Waals surface area (Å²) in [5.74, 6) is 0. The van der Waals surface area contributed by atoms with Crippen molar-refractivity contribution in [2.45, 2.75) is 5.51 Å². The molecule has 72 valence electrons. The van der Waals surface area contributed by atoms with E-state index in [0.717, 1.165) is 0 Å². The monoisotopic (exact) mass is 336 g/mol. The first-order valence-corrected chi connectivity index (χ1v) is 11.9. The summed E-state index contributed by atoms with van der Waals surface area (Å²) < 4.78 is 85.0. The maximum absolute atomic E-state index is 11.6. The quantitative estimate of drug-likeness (QED) is 0.397. The summed E-state index contributed by atoms with van der Waals surface area (Å²) in [5.41, 5.74) is -5.67. The average Bonchev–Trinajstić information content (AvgIpc) is 1.52. The molecule has 0 N–H and O–H groups in total. The molecule has 0 bridgehead atoms. The Morgan fingerprint density at radius 1 is 1.00 bits per heavy atom. The van der Waals surface area contributed by atoms with E-state index in [2.05, 4.69) is 0 Å². The van der Waals surface area contributed by atoms with E-state index in [1.54, 1.807) is 0 Å². The third-order valence-corrected chi connectivity index (χ3v) is 15.5. The molecule has 11 heteroatoms. The third kappa shape index (κ3) is 3.89. The van der Waals surface area contributed by atoms with Gasteiger partial charge in [0.05, 0.1) is 0 Å². The van der Waals surface area contributed by atoms with Gasteiger partial charge in [0, 0.05) is 0 Å². The average molecular weight is 335 g/mol. The van der Waals surface area contributed by atoms with Gasteiger partial charge in [-0.1, -0.05) is 0 Å². The van der Waals surface area contributed by atoms with Crippen LogP contribution in [-0.2, 0) is 14.4 Å². The molecule has 0 spiro atoms. The third-order valence-electron chi connectivity index (χ3n) is 0.514. The van der Waals surface area contributed by atoms with Gasteiger partial charge in [-0.3, -0.25) is 0 Å². The first-order valence-electron chi connectivity index (χ1n) is 2.00. The van der Waals surface area contributed by atoms with Crippen LogP contribution in [0.25, 0.3) is 0 Å². The van der Waals surface area contributed by atoms with Gasteiger partial charge in [-0.15, -0.1) is 0 Å². The number of hydrogen-bond donors (Lipinski definition) is 0. The Kier molecular flexibility index (Phi) is 3.40. The van der Waals surface area contributed by atoms with Crippen LogP contribution in [0.4, 0.5) is 17.1 Å². The topological polar surface area (TPSA) is 68.3 Å². The summed E-state index contributed by atoms with van der Waals surface area (Å²) in [6.45, 7) is 0. The Labute approximate surface area is 72.2 Å². The van der Waals surface area contributed by atoms with Crippen molar-refractivity contribution in [3.05, 3.63) is 0 Å². The summed E-state index contributed by atoms with van der Waals surface area (Å²) in [7, 11) is -11.3. The predicted octanol–water partition coefficient (Wildman–Crippen LogP) is -0.245. The van der Waals surface area contributed by atoms with Crippen molar-refractivity contribution in [3.8, 4) is 0 Å². The molecule has 0 rings (SSSR count). The standard InChI is InChI=1S/CF3O2S.FO2S.Sn/c2-1(3,4)7(5)6;1-4(2)3;. The van der Waals surface area contributed by atoms with Crippen LogP contribution in [0.2, 0.25) is 0 Å². The minimum atomic E-state index is -5.75. The van der Waals surface area contributed by atoms with Crippen LogP contribution in [0, 0.1) is 0 Å². The molecular weight excluding hydrogens is 335 g/mol. The van der Waals surface area contributed by atoms with Gasteiger partial charge in [0.1, 0.15) is 0 Å². The van der Waals surface area contributed by atoms with Crippen molar-refractivity contribution >= 4 is 32.8 Å². The molecule has 0 atom stereocenters. The Morgan fingerprint density at radius 2 is 1.33 bits per heavy atom. The van der Waals surface area contributed by atoms with Gasteiger partial charge in [0.2, 0.25) is 0 Å². The van der Waals surface area contributed by atoms with Crippen LogP contribution in [-0.4, -0.2) is 40.7 Å². The molecule has 0 aromatic heterocycles. The number of halogens is 4. The summed E-state index contributed by atoms with van der Waals surface area (Å²) >= 11 is -4.17. The molecule has 4 nitrogen and oxygen atoms in total. The molecule has 0 aliphatic rings. The van der Waals surface area contributed by atoms with Crippen LogP contribution in [0.1, 0.15) is 0 Å². The van der Waals surface area contributed by atoms with Gasteiger partial charge < -0.3 is 0 Å². The van der Waals surface area contributed by atoms with Gasteiger partial charge in [0.25, 0.3) is 0 Å². The van der Waals surface area contributed by atoms with Crippen molar-refractivity contribution in [2.75, 3.05) is 0 Å². The second-order valence-electron chi connectivity index (χ2n) is 1.47. The molecule has 12 heavy (non-hydrogen) atoms. The fraction of sp³-hybridized carbons (Fsp3) is 1.00. The van der Waals surface area contributed by atoms with E-state index in [9.17, 15) is 33.9 Å². The molecule has 0 unspecified atom stereocenters. The van der Waals surface area contributed by atoms with E-state index in [4.69, 9.17) is 0 Å². The van der Waals surface area contributed by atoms with Crippen molar-refractivity contribution < 1.29 is 33.9 Å². The number of hydrogen-bond acceptors (Lipinski definition) is 4. The molecular formula is CF4O4S2Sn. The van der Waals surface area contributed by atoms with Crippen LogP contribution in [0.3, 0.4) is 0 Å². The Bertz CT molecular complexity index is 349. The molecule has 2 radical (unpaired) electrons. The number of rotatable bonds is 2. The van der Waals surface area contributed by atoms with E-state index in [1.807, 2.05) is 0 Å². The summed E-state index contributed by atoms with van der Waals surface area (Å²) in [4.78, 5) is 0. The van der Waals surface area contributed by atoms with Crippen molar-refractivity contribution in [2.24, 2.45) is 0 Å². The van der Waals surface area contributed by atoms with Gasteiger partial charge >= 0.3 is 72.2 Å². The van der Waals surface area contributed by atoms with Crippen LogP contribution in [0.15, 0.2) is 0 Å². The van der Waals surface area contributed by atoms with Crippen molar-refractivity contribution in [3.63, 3.8) is 0 Å². The fourth-order valence-corrected chi connectivity index (χ4v) is 10.8. The molecule has 0 saturated heterocycles. The molecule has 0 heterocycles. The van der Waals surface area contributed by atoms with E-state index < -0.39 is 38.3 Å². The zero-order valence-corrected chi connectivity index (χ0v) is 9.45. The van der Waals surface area contributed by atoms with Gasteiger partial charge in [0.15, 0.2) is 0 Å². The molecule has 0 amide bonds. The summed E-state index contributed by atoms with van der Waals surface area (Å²) in [5, 5.41) is 0. The number of alkyl halides is 3. The Morgan fingerprint density at radius 3 is 1.42 bits per heavy atom. The summed E-state index contributed by atoms with van der Waals surface area (Å²) in [6.07, 6.45) is 0. The maximum atomic E-state index is 11.6. The first kappa shape index (κ1) is 12.4. The SMILES string of the molecule is O=[S](=O)(F)[Sn][S](=O)(=O)C(F)(F)F. The van der Waals surface area contributed by atoms with E-state index in [0.29, 0.717) is 0 Å². The Hall–Kier alpha value is 0.419. The van der Waals surface area contributed by atoms with Crippen molar-refractivity contribution in [1.82, 2.24) is 0 Å². The molecule has 0 aromatic rings. The second kappa shape index (κ2) is 3.29. The van der Waals surface area contributed by atoms with E-state index in [-0.39, 0.29) is 0 Å². The van der Waals surface area contributed by atoms with Crippen LogP contribution in [0.5, 0.6) is 0 Å². The van der Waals surface area contributed by atoms with Gasteiger partial charge in [-0.25, -0.2) is 0 Å². The molecule has 0 saturated carbocycles. The van der Waals surface area contributed by atoms with Gasteiger partial charge in [-0.05, 0) is 0 Å². The zero-order valence-electron chi connectivity index (χ0n) is 4.96. The molecule has 0 aliphatic heterocycles. The fourth-order valence-electron chi connectivity index (χ4n) is 0.178.